The quantitative estimate of drug-likeness (QED) is 0.834. The van der Waals surface area contributed by atoms with Gasteiger partial charge in [-0.1, -0.05) is 29.8 Å². The Bertz CT molecular complexity index is 876. The van der Waals surface area contributed by atoms with Crippen LogP contribution in [0.2, 0.25) is 0 Å². The summed E-state index contributed by atoms with van der Waals surface area (Å²) in [6.45, 7) is 3.00. The number of benzene rings is 2. The van der Waals surface area contributed by atoms with Crippen molar-refractivity contribution in [1.29, 1.82) is 0 Å². The number of aliphatic carboxylic acids is 1. The fourth-order valence-electron chi connectivity index (χ4n) is 3.43. The highest BCUT2D eigenvalue weighted by Gasteiger charge is 2.29. The molecular formula is C22H24N2O4. The molecular weight excluding hydrogens is 356 g/mol. The molecule has 2 aromatic carbocycles. The molecule has 1 aliphatic rings. The van der Waals surface area contributed by atoms with Crippen LogP contribution >= 0.6 is 0 Å². The van der Waals surface area contributed by atoms with Gasteiger partial charge in [-0.2, -0.15) is 0 Å². The molecule has 6 nitrogen and oxygen atoms in total. The Kier molecular flexibility index (Phi) is 6.09. The number of amides is 2. The van der Waals surface area contributed by atoms with Gasteiger partial charge in [0.2, 0.25) is 5.91 Å². The van der Waals surface area contributed by atoms with Gasteiger partial charge in [-0.3, -0.25) is 14.4 Å². The van der Waals surface area contributed by atoms with Crippen molar-refractivity contribution in [3.63, 3.8) is 0 Å². The van der Waals surface area contributed by atoms with E-state index in [4.69, 9.17) is 5.11 Å². The third kappa shape index (κ3) is 4.97. The van der Waals surface area contributed by atoms with Crippen molar-refractivity contribution in [2.24, 2.45) is 5.92 Å². The minimum atomic E-state index is -0.916. The standard InChI is InChI=1S/C22H24N2O4/c1-15-7-9-17(10-8-15)22(28)24-11-3-5-18(14-24)21(27)23-19-6-2-4-16(12-19)13-20(25)26/h2,4,6-10,12,18H,3,5,11,13-14H2,1H3,(H,23,27)(H,25,26). The van der Waals surface area contributed by atoms with E-state index in [2.05, 4.69) is 5.32 Å². The van der Waals surface area contributed by atoms with E-state index >= 15 is 0 Å². The van der Waals surface area contributed by atoms with Crippen molar-refractivity contribution in [3.05, 3.63) is 65.2 Å². The molecule has 0 aliphatic carbocycles. The molecule has 1 atom stereocenters. The zero-order chi connectivity index (χ0) is 20.1. The predicted molar refractivity (Wildman–Crippen MR) is 106 cm³/mol. The molecule has 6 heteroatoms. The average Bonchev–Trinajstić information content (AvgIpc) is 2.68. The number of carboxylic acid groups (broad SMARTS) is 1. The molecule has 1 unspecified atom stereocenters. The Balaban J connectivity index is 1.63. The number of hydrogen-bond donors (Lipinski definition) is 2. The lowest BCUT2D eigenvalue weighted by Gasteiger charge is -2.32. The van der Waals surface area contributed by atoms with Crippen LogP contribution in [0.3, 0.4) is 0 Å². The van der Waals surface area contributed by atoms with Crippen molar-refractivity contribution in [3.8, 4) is 0 Å². The van der Waals surface area contributed by atoms with Gasteiger partial charge in [0.05, 0.1) is 12.3 Å². The van der Waals surface area contributed by atoms with Crippen LogP contribution in [0.1, 0.15) is 34.3 Å². The van der Waals surface area contributed by atoms with Crippen molar-refractivity contribution in [1.82, 2.24) is 4.90 Å². The third-order valence-electron chi connectivity index (χ3n) is 4.93. The first-order chi connectivity index (χ1) is 13.4. The summed E-state index contributed by atoms with van der Waals surface area (Å²) >= 11 is 0. The van der Waals surface area contributed by atoms with Gasteiger partial charge in [0, 0.05) is 24.3 Å². The zero-order valence-corrected chi connectivity index (χ0v) is 15.9. The second kappa shape index (κ2) is 8.69. The number of hydrogen-bond acceptors (Lipinski definition) is 3. The predicted octanol–water partition coefficient (Wildman–Crippen LogP) is 3.11. The Morgan fingerprint density at radius 3 is 2.61 bits per heavy atom. The highest BCUT2D eigenvalue weighted by molar-refractivity contribution is 5.96. The molecule has 3 rings (SSSR count). The molecule has 0 saturated carbocycles. The number of carboxylic acids is 1. The molecule has 1 saturated heterocycles. The molecule has 2 amide bonds. The van der Waals surface area contributed by atoms with Crippen molar-refractivity contribution >= 4 is 23.5 Å². The van der Waals surface area contributed by atoms with Crippen LogP contribution in [0.5, 0.6) is 0 Å². The maximum atomic E-state index is 12.7. The van der Waals surface area contributed by atoms with Crippen LogP contribution in [0.25, 0.3) is 0 Å². The van der Waals surface area contributed by atoms with Crippen LogP contribution < -0.4 is 5.32 Å². The van der Waals surface area contributed by atoms with Crippen LogP contribution in [0, 0.1) is 12.8 Å². The molecule has 146 valence electrons. The summed E-state index contributed by atoms with van der Waals surface area (Å²) in [6.07, 6.45) is 1.40. The summed E-state index contributed by atoms with van der Waals surface area (Å²) in [5, 5.41) is 11.8. The van der Waals surface area contributed by atoms with Gasteiger partial charge in [0.15, 0.2) is 0 Å². The van der Waals surface area contributed by atoms with Crippen LogP contribution in [-0.2, 0) is 16.0 Å². The molecule has 2 aromatic rings. The zero-order valence-electron chi connectivity index (χ0n) is 15.9. The molecule has 28 heavy (non-hydrogen) atoms. The smallest absolute Gasteiger partial charge is 0.307 e. The van der Waals surface area contributed by atoms with Crippen molar-refractivity contribution in [2.75, 3.05) is 18.4 Å². The maximum Gasteiger partial charge on any atom is 0.307 e. The van der Waals surface area contributed by atoms with Gasteiger partial charge < -0.3 is 15.3 Å². The van der Waals surface area contributed by atoms with Crippen LogP contribution in [-0.4, -0.2) is 40.9 Å². The van der Waals surface area contributed by atoms with E-state index in [0.29, 0.717) is 29.9 Å². The topological polar surface area (TPSA) is 86.7 Å². The molecule has 0 aromatic heterocycles. The van der Waals surface area contributed by atoms with E-state index in [0.717, 1.165) is 18.4 Å². The first kappa shape index (κ1) is 19.6. The van der Waals surface area contributed by atoms with E-state index in [1.165, 1.54) is 0 Å². The normalized spacial score (nSPS) is 16.5. The van der Waals surface area contributed by atoms with Gasteiger partial charge in [-0.05, 0) is 49.6 Å². The van der Waals surface area contributed by atoms with E-state index in [1.54, 1.807) is 29.2 Å². The molecule has 0 spiro atoms. The van der Waals surface area contributed by atoms with Crippen molar-refractivity contribution in [2.45, 2.75) is 26.2 Å². The SMILES string of the molecule is Cc1ccc(C(=O)N2CCCC(C(=O)Nc3cccc(CC(=O)O)c3)C2)cc1. The number of anilines is 1. The number of nitrogens with one attached hydrogen (secondary N) is 1. The number of rotatable bonds is 5. The summed E-state index contributed by atoms with van der Waals surface area (Å²) in [7, 11) is 0. The maximum absolute atomic E-state index is 12.7. The monoisotopic (exact) mass is 380 g/mol. The summed E-state index contributed by atoms with van der Waals surface area (Å²) < 4.78 is 0. The Morgan fingerprint density at radius 1 is 1.14 bits per heavy atom. The lowest BCUT2D eigenvalue weighted by atomic mass is 9.96. The summed E-state index contributed by atoms with van der Waals surface area (Å²) in [6, 6.07) is 14.3. The average molecular weight is 380 g/mol. The van der Waals surface area contributed by atoms with Gasteiger partial charge in [0.1, 0.15) is 0 Å². The first-order valence-corrected chi connectivity index (χ1v) is 9.40. The number of carbonyl (C=O) groups is 3. The number of piperidine rings is 1. The number of likely N-dealkylation sites (tertiary alicyclic amines) is 1. The van der Waals surface area contributed by atoms with E-state index in [-0.39, 0.29) is 24.2 Å². The number of aryl methyl sites for hydroxylation is 1. The largest absolute Gasteiger partial charge is 0.481 e. The lowest BCUT2D eigenvalue weighted by molar-refractivity contribution is -0.136. The fourth-order valence-corrected chi connectivity index (χ4v) is 3.43. The van der Waals surface area contributed by atoms with Crippen LogP contribution in [0.15, 0.2) is 48.5 Å². The van der Waals surface area contributed by atoms with Crippen LogP contribution in [0.4, 0.5) is 5.69 Å². The van der Waals surface area contributed by atoms with Crippen molar-refractivity contribution < 1.29 is 19.5 Å². The Labute approximate surface area is 164 Å². The molecule has 0 bridgehead atoms. The van der Waals surface area contributed by atoms with Gasteiger partial charge in [0.25, 0.3) is 5.91 Å². The lowest BCUT2D eigenvalue weighted by Crippen LogP contribution is -2.43. The Morgan fingerprint density at radius 2 is 1.89 bits per heavy atom. The first-order valence-electron chi connectivity index (χ1n) is 9.40. The minimum Gasteiger partial charge on any atom is -0.481 e. The molecule has 2 N–H and O–H groups in total. The third-order valence-corrected chi connectivity index (χ3v) is 4.93. The number of nitrogens with zero attached hydrogens (tertiary/aromatic N) is 1. The minimum absolute atomic E-state index is 0.0547. The highest BCUT2D eigenvalue weighted by Crippen LogP contribution is 2.21. The summed E-state index contributed by atoms with van der Waals surface area (Å²) in [4.78, 5) is 38.0. The summed E-state index contributed by atoms with van der Waals surface area (Å²) in [5.41, 5.74) is 2.93. The second-order valence-corrected chi connectivity index (χ2v) is 7.22. The van der Waals surface area contributed by atoms with E-state index < -0.39 is 5.97 Å². The fraction of sp³-hybridized carbons (Fsp3) is 0.318. The molecule has 1 aliphatic heterocycles. The Hall–Kier alpha value is -3.15. The highest BCUT2D eigenvalue weighted by atomic mass is 16.4. The molecule has 1 fully saturated rings. The molecule has 1 heterocycles. The van der Waals surface area contributed by atoms with E-state index in [9.17, 15) is 14.4 Å². The molecule has 0 radical (unpaired) electrons. The second-order valence-electron chi connectivity index (χ2n) is 7.22. The number of carbonyl (C=O) groups excluding carboxylic acids is 2. The van der Waals surface area contributed by atoms with E-state index in [1.807, 2.05) is 31.2 Å². The van der Waals surface area contributed by atoms with Gasteiger partial charge in [-0.15, -0.1) is 0 Å². The summed E-state index contributed by atoms with van der Waals surface area (Å²) in [5.74, 6) is -1.40. The van der Waals surface area contributed by atoms with Gasteiger partial charge in [-0.25, -0.2) is 0 Å². The van der Waals surface area contributed by atoms with Gasteiger partial charge >= 0.3 is 5.97 Å².